The molecule has 0 aliphatic carbocycles. The number of nitrogens with one attached hydrogen (secondary N) is 2. The summed E-state index contributed by atoms with van der Waals surface area (Å²) < 4.78 is 14.2. The fraction of sp³-hybridized carbons (Fsp3) is 0. The van der Waals surface area contributed by atoms with Gasteiger partial charge in [-0.05, 0) is 142 Å². The summed E-state index contributed by atoms with van der Waals surface area (Å²) >= 11 is 0. The lowest BCUT2D eigenvalue weighted by atomic mass is 9.92. The van der Waals surface area contributed by atoms with Crippen molar-refractivity contribution in [1.82, 2.24) is 27.9 Å². The van der Waals surface area contributed by atoms with E-state index in [1.54, 1.807) is 0 Å². The van der Waals surface area contributed by atoms with Crippen molar-refractivity contribution in [3.05, 3.63) is 309 Å². The summed E-state index contributed by atoms with van der Waals surface area (Å²) in [5.74, 6) is 1.87. The van der Waals surface area contributed by atoms with Gasteiger partial charge in [0.05, 0.1) is 34.3 Å². The third-order valence-corrected chi connectivity index (χ3v) is 18.6. The molecule has 9 heteroatoms. The topological polar surface area (TPSA) is 62.4 Å². The molecule has 0 radical (unpaired) electrons. The zero-order chi connectivity index (χ0) is 59.1. The van der Waals surface area contributed by atoms with Crippen LogP contribution in [0.4, 0.5) is 5.69 Å². The Hall–Kier alpha value is -12.5. The number of fused-ring (bicyclic) bond motifs is 16. The van der Waals surface area contributed by atoms with Crippen LogP contribution in [-0.2, 0) is 0 Å². The number of aromatic amines is 2. The molecule has 2 N–H and O–H groups in total. The Morgan fingerprint density at radius 1 is 0.311 bits per heavy atom. The molecule has 19 aromatic rings. The Morgan fingerprint density at radius 3 is 1.14 bits per heavy atom. The summed E-state index contributed by atoms with van der Waals surface area (Å²) in [4.78, 5) is 12.7. The predicted octanol–water partition coefficient (Wildman–Crippen LogP) is 19.4. The maximum absolute atomic E-state index is 9.93. The SMILES string of the molecule is [C-]#[N+]c1c(-c2ccc3[nH]c4n(c3c2)c2cc(-c3ccccc3)ccc2[n+]4-c2ccccc2)c(-n2c3ccccc3c3ccccc32)cc(-c2ccc3[nH]c4n(c3c2)c2cc(-c3ccccc3)ccc2[n+]4-c2ccccc2)c1-n1c2ccccc2c2ccccc21. The summed E-state index contributed by atoms with van der Waals surface area (Å²) in [5, 5.41) is 4.49. The summed E-state index contributed by atoms with van der Waals surface area (Å²) in [5.41, 5.74) is 24.9. The molecule has 13 aromatic carbocycles. The number of para-hydroxylation sites is 6. The Bertz CT molecular complexity index is 6100. The van der Waals surface area contributed by atoms with Crippen molar-refractivity contribution in [2.75, 3.05) is 0 Å². The smallest absolute Gasteiger partial charge is 0.318 e. The van der Waals surface area contributed by atoms with Crippen molar-refractivity contribution in [3.63, 3.8) is 0 Å². The Morgan fingerprint density at radius 2 is 0.689 bits per heavy atom. The molecule has 0 amide bonds. The third kappa shape index (κ3) is 7.18. The summed E-state index contributed by atoms with van der Waals surface area (Å²) in [6, 6.07) is 107. The first-order valence-corrected chi connectivity index (χ1v) is 30.5. The maximum Gasteiger partial charge on any atom is 0.373 e. The van der Waals surface area contributed by atoms with Gasteiger partial charge >= 0.3 is 11.6 Å². The van der Waals surface area contributed by atoms with Gasteiger partial charge in [-0.1, -0.05) is 194 Å². The van der Waals surface area contributed by atoms with Crippen LogP contribution in [0.3, 0.4) is 0 Å². The first-order chi connectivity index (χ1) is 44.6. The van der Waals surface area contributed by atoms with Gasteiger partial charge in [-0.25, -0.2) is 14.8 Å². The molecule has 90 heavy (non-hydrogen) atoms. The molecule has 0 bridgehead atoms. The van der Waals surface area contributed by atoms with Crippen LogP contribution in [0.2, 0.25) is 0 Å². The zero-order valence-electron chi connectivity index (χ0n) is 48.4. The third-order valence-electron chi connectivity index (χ3n) is 18.6. The van der Waals surface area contributed by atoms with Gasteiger partial charge < -0.3 is 9.13 Å². The first kappa shape index (κ1) is 49.7. The Balaban J connectivity index is 0.961. The summed E-state index contributed by atoms with van der Waals surface area (Å²) in [6.07, 6.45) is 0. The quantitative estimate of drug-likeness (QED) is 0.113. The number of hydrogen-bond acceptors (Lipinski definition) is 0. The fourth-order valence-electron chi connectivity index (χ4n) is 14.7. The predicted molar refractivity (Wildman–Crippen MR) is 367 cm³/mol. The molecule has 0 fully saturated rings. The zero-order valence-corrected chi connectivity index (χ0v) is 48.4. The average molecular weight is 1150 g/mol. The van der Waals surface area contributed by atoms with Gasteiger partial charge in [0.2, 0.25) is 5.69 Å². The van der Waals surface area contributed by atoms with E-state index in [1.807, 2.05) is 0 Å². The van der Waals surface area contributed by atoms with Crippen molar-refractivity contribution in [2.45, 2.75) is 0 Å². The van der Waals surface area contributed by atoms with Crippen LogP contribution in [0.1, 0.15) is 0 Å². The van der Waals surface area contributed by atoms with E-state index < -0.39 is 0 Å². The van der Waals surface area contributed by atoms with Crippen LogP contribution in [0.5, 0.6) is 0 Å². The van der Waals surface area contributed by atoms with Crippen molar-refractivity contribution < 1.29 is 9.13 Å². The van der Waals surface area contributed by atoms with Gasteiger partial charge in [0.25, 0.3) is 0 Å². The van der Waals surface area contributed by atoms with Crippen LogP contribution in [0, 0.1) is 6.57 Å². The number of aromatic nitrogens is 8. The second-order valence-electron chi connectivity index (χ2n) is 23.4. The standard InChI is InChI=1S/C81H49N9/c1-82-78-77(56-39-43-65-73(49-56)90-75-47-54(52-24-8-3-9-25-52)41-45-71(75)86(81(90)84-65)58-28-12-5-13-29-58)76(87-66-34-18-14-30-59(66)60-31-15-19-35-67(60)87)50-63(79(78)88-68-36-20-16-32-61(68)62-33-17-21-37-69(62)88)55-38-42-64-72(48-55)89-74-46-53(51-22-6-2-7-23-51)40-44-70(74)85(80(89)83-64)57-26-10-4-11-27-57/h2-50H/p+2. The van der Waals surface area contributed by atoms with Gasteiger partial charge in [-0.3, -0.25) is 0 Å². The lowest BCUT2D eigenvalue weighted by Gasteiger charge is -2.23. The van der Waals surface area contributed by atoms with Gasteiger partial charge in [-0.2, -0.15) is 17.9 Å². The van der Waals surface area contributed by atoms with E-state index in [-0.39, 0.29) is 0 Å². The van der Waals surface area contributed by atoms with Gasteiger partial charge in [0.15, 0.2) is 0 Å². The monoisotopic (exact) mass is 1150 g/mol. The molecule has 0 saturated heterocycles. The number of H-pyrrole nitrogens is 2. The van der Waals surface area contributed by atoms with Crippen LogP contribution < -0.4 is 9.13 Å². The van der Waals surface area contributed by atoms with Gasteiger partial charge in [0.1, 0.15) is 55.5 Å². The van der Waals surface area contributed by atoms with E-state index >= 15 is 0 Å². The van der Waals surface area contributed by atoms with Gasteiger partial charge in [-0.15, -0.1) is 0 Å². The number of nitrogens with zero attached hydrogens (tertiary/aromatic N) is 7. The number of hydrogen-bond donors (Lipinski definition) is 2. The second-order valence-corrected chi connectivity index (χ2v) is 23.4. The van der Waals surface area contributed by atoms with Crippen LogP contribution >= 0.6 is 0 Å². The summed E-state index contributed by atoms with van der Waals surface area (Å²) in [7, 11) is 0. The lowest BCUT2D eigenvalue weighted by molar-refractivity contribution is -0.541. The van der Waals surface area contributed by atoms with E-state index in [4.69, 9.17) is 4.85 Å². The Kier molecular flexibility index (Phi) is 10.6. The highest BCUT2D eigenvalue weighted by molar-refractivity contribution is 6.14. The molecule has 0 atom stereocenters. The van der Waals surface area contributed by atoms with E-state index in [9.17, 15) is 6.57 Å². The average Bonchev–Trinajstić information content (AvgIpc) is 1.52. The van der Waals surface area contributed by atoms with Crippen molar-refractivity contribution in [3.8, 4) is 67.3 Å². The normalized spacial score (nSPS) is 12.0. The highest BCUT2D eigenvalue weighted by atomic mass is 15.2. The van der Waals surface area contributed by atoms with E-state index in [0.29, 0.717) is 5.69 Å². The fourth-order valence-corrected chi connectivity index (χ4v) is 14.7. The van der Waals surface area contributed by atoms with Crippen molar-refractivity contribution in [1.29, 1.82) is 0 Å². The van der Waals surface area contributed by atoms with Crippen LogP contribution in [0.25, 0.3) is 171 Å². The lowest BCUT2D eigenvalue weighted by Crippen LogP contribution is -2.30. The molecule has 19 rings (SSSR count). The first-order valence-electron chi connectivity index (χ1n) is 30.5. The molecule has 0 aliphatic rings. The largest absolute Gasteiger partial charge is 0.373 e. The maximum atomic E-state index is 9.93. The molecule has 0 aliphatic heterocycles. The van der Waals surface area contributed by atoms with E-state index in [1.165, 1.54) is 0 Å². The second kappa shape index (κ2) is 19.2. The minimum atomic E-state index is 0.533. The number of imidazole rings is 4. The van der Waals surface area contributed by atoms with Gasteiger partial charge in [0, 0.05) is 32.8 Å². The minimum absolute atomic E-state index is 0.533. The number of benzene rings is 13. The molecule has 6 aromatic heterocycles. The Labute approximate surface area is 515 Å². The van der Waals surface area contributed by atoms with E-state index in [2.05, 4.69) is 334 Å². The molecular formula is C81H51N9+2. The molecule has 418 valence electrons. The molecule has 6 heterocycles. The highest BCUT2D eigenvalue weighted by Crippen LogP contribution is 2.51. The molecule has 9 nitrogen and oxygen atoms in total. The molecule has 0 unspecified atom stereocenters. The molecular weight excluding hydrogens is 1100 g/mol. The molecule has 0 saturated carbocycles. The van der Waals surface area contributed by atoms with Crippen LogP contribution in [-0.4, -0.2) is 27.9 Å². The number of rotatable bonds is 8. The van der Waals surface area contributed by atoms with Crippen LogP contribution in [0.15, 0.2) is 297 Å². The van der Waals surface area contributed by atoms with Crippen molar-refractivity contribution in [2.24, 2.45) is 0 Å². The van der Waals surface area contributed by atoms with E-state index in [0.717, 1.165) is 167 Å². The highest BCUT2D eigenvalue weighted by Gasteiger charge is 2.32. The van der Waals surface area contributed by atoms with Crippen molar-refractivity contribution >= 4 is 105 Å². The molecule has 0 spiro atoms. The summed E-state index contributed by atoms with van der Waals surface area (Å²) in [6.45, 7) is 9.93. The minimum Gasteiger partial charge on any atom is -0.318 e.